The van der Waals surface area contributed by atoms with Gasteiger partial charge in [0.2, 0.25) is 0 Å². The van der Waals surface area contributed by atoms with Crippen molar-refractivity contribution in [2.45, 2.75) is 59.7 Å². The number of aliphatic hydroxyl groups excluding tert-OH is 1. The first kappa shape index (κ1) is 14.2. The van der Waals surface area contributed by atoms with Crippen LogP contribution >= 0.6 is 0 Å². The van der Waals surface area contributed by atoms with Crippen molar-refractivity contribution in [2.24, 2.45) is 0 Å². The van der Waals surface area contributed by atoms with Gasteiger partial charge in [-0.25, -0.2) is 0 Å². The van der Waals surface area contributed by atoms with Crippen molar-refractivity contribution in [3.05, 3.63) is 17.0 Å². The van der Waals surface area contributed by atoms with E-state index in [1.54, 1.807) is 0 Å². The smallest absolute Gasteiger partial charge is 0.0641 e. The highest BCUT2D eigenvalue weighted by molar-refractivity contribution is 5.24. The molecule has 0 saturated heterocycles. The van der Waals surface area contributed by atoms with Gasteiger partial charge in [0.05, 0.1) is 5.69 Å². The number of aliphatic hydroxyl groups is 1. The summed E-state index contributed by atoms with van der Waals surface area (Å²) in [6, 6.07) is 0.392. The SMILES string of the molecule is CCC(CCO)NCc1c(C)nn(CC)c1C. The molecule has 98 valence electrons. The summed E-state index contributed by atoms with van der Waals surface area (Å²) in [6.45, 7) is 10.4. The molecule has 0 aliphatic carbocycles. The van der Waals surface area contributed by atoms with Crippen molar-refractivity contribution in [1.82, 2.24) is 15.1 Å². The molecule has 2 N–H and O–H groups in total. The number of hydrogen-bond acceptors (Lipinski definition) is 3. The zero-order valence-corrected chi connectivity index (χ0v) is 11.5. The maximum atomic E-state index is 8.96. The van der Waals surface area contributed by atoms with Crippen molar-refractivity contribution in [3.63, 3.8) is 0 Å². The molecular weight excluding hydrogens is 214 g/mol. The Balaban J connectivity index is 2.65. The minimum atomic E-state index is 0.248. The Morgan fingerprint density at radius 2 is 2.06 bits per heavy atom. The second kappa shape index (κ2) is 6.77. The normalized spacial score (nSPS) is 13.0. The summed E-state index contributed by atoms with van der Waals surface area (Å²) in [7, 11) is 0. The van der Waals surface area contributed by atoms with Gasteiger partial charge in [-0.1, -0.05) is 6.92 Å². The molecule has 1 heterocycles. The molecular formula is C13H25N3O. The van der Waals surface area contributed by atoms with E-state index in [0.29, 0.717) is 6.04 Å². The summed E-state index contributed by atoms with van der Waals surface area (Å²) in [5.41, 5.74) is 3.65. The molecule has 4 heteroatoms. The number of aryl methyl sites for hydroxylation is 2. The van der Waals surface area contributed by atoms with E-state index in [0.717, 1.165) is 31.6 Å². The van der Waals surface area contributed by atoms with E-state index in [2.05, 4.69) is 38.1 Å². The molecule has 1 aromatic rings. The van der Waals surface area contributed by atoms with Crippen molar-refractivity contribution >= 4 is 0 Å². The Morgan fingerprint density at radius 1 is 1.35 bits per heavy atom. The van der Waals surface area contributed by atoms with E-state index >= 15 is 0 Å². The third-order valence-electron chi connectivity index (χ3n) is 3.37. The molecule has 0 spiro atoms. The van der Waals surface area contributed by atoms with Gasteiger partial charge in [0.15, 0.2) is 0 Å². The lowest BCUT2D eigenvalue weighted by Crippen LogP contribution is -2.29. The quantitative estimate of drug-likeness (QED) is 0.762. The number of nitrogens with one attached hydrogen (secondary N) is 1. The summed E-state index contributed by atoms with van der Waals surface area (Å²) in [4.78, 5) is 0. The van der Waals surface area contributed by atoms with Crippen LogP contribution in [-0.2, 0) is 13.1 Å². The maximum Gasteiger partial charge on any atom is 0.0641 e. The molecule has 0 aliphatic heterocycles. The molecule has 1 rings (SSSR count). The highest BCUT2D eigenvalue weighted by Crippen LogP contribution is 2.13. The molecule has 0 aromatic carbocycles. The first-order valence-corrected chi connectivity index (χ1v) is 6.51. The molecule has 1 atom stereocenters. The fraction of sp³-hybridized carbons (Fsp3) is 0.769. The lowest BCUT2D eigenvalue weighted by atomic mass is 10.1. The van der Waals surface area contributed by atoms with Crippen molar-refractivity contribution < 1.29 is 5.11 Å². The van der Waals surface area contributed by atoms with E-state index in [9.17, 15) is 0 Å². The van der Waals surface area contributed by atoms with Gasteiger partial charge >= 0.3 is 0 Å². The lowest BCUT2D eigenvalue weighted by Gasteiger charge is -2.15. The predicted octanol–water partition coefficient (Wildman–Crippen LogP) is 1.77. The van der Waals surface area contributed by atoms with Crippen LogP contribution in [0.25, 0.3) is 0 Å². The molecule has 0 aliphatic rings. The molecule has 0 fully saturated rings. The van der Waals surface area contributed by atoms with Crippen LogP contribution in [0, 0.1) is 13.8 Å². The van der Waals surface area contributed by atoms with E-state index < -0.39 is 0 Å². The summed E-state index contributed by atoms with van der Waals surface area (Å²) in [5.74, 6) is 0. The molecule has 1 aromatic heterocycles. The minimum absolute atomic E-state index is 0.248. The second-order valence-corrected chi connectivity index (χ2v) is 4.46. The Bertz CT molecular complexity index is 347. The zero-order chi connectivity index (χ0) is 12.8. The van der Waals surface area contributed by atoms with Gasteiger partial charge in [-0.05, 0) is 33.6 Å². The summed E-state index contributed by atoms with van der Waals surface area (Å²) >= 11 is 0. The van der Waals surface area contributed by atoms with Crippen LogP contribution in [0.3, 0.4) is 0 Å². The molecule has 4 nitrogen and oxygen atoms in total. The van der Waals surface area contributed by atoms with Crippen molar-refractivity contribution in [1.29, 1.82) is 0 Å². The highest BCUT2D eigenvalue weighted by atomic mass is 16.3. The number of aromatic nitrogens is 2. The Hall–Kier alpha value is -0.870. The molecule has 0 radical (unpaired) electrons. The van der Waals surface area contributed by atoms with Crippen molar-refractivity contribution in [3.8, 4) is 0 Å². The summed E-state index contributed by atoms with van der Waals surface area (Å²) < 4.78 is 2.04. The third-order valence-corrected chi connectivity index (χ3v) is 3.37. The molecule has 1 unspecified atom stereocenters. The van der Waals surface area contributed by atoms with Crippen LogP contribution in [0.5, 0.6) is 0 Å². The summed E-state index contributed by atoms with van der Waals surface area (Å²) in [5, 5.41) is 17.0. The van der Waals surface area contributed by atoms with Crippen LogP contribution in [-0.4, -0.2) is 27.5 Å². The topological polar surface area (TPSA) is 50.1 Å². The van der Waals surface area contributed by atoms with Gasteiger partial charge in [0.25, 0.3) is 0 Å². The number of rotatable bonds is 7. The second-order valence-electron chi connectivity index (χ2n) is 4.46. The lowest BCUT2D eigenvalue weighted by molar-refractivity contribution is 0.262. The monoisotopic (exact) mass is 239 g/mol. The van der Waals surface area contributed by atoms with Gasteiger partial charge in [0.1, 0.15) is 0 Å². The van der Waals surface area contributed by atoms with Crippen LogP contribution < -0.4 is 5.32 Å². The van der Waals surface area contributed by atoms with Gasteiger partial charge in [-0.15, -0.1) is 0 Å². The first-order chi connectivity index (χ1) is 8.13. The van der Waals surface area contributed by atoms with E-state index in [1.165, 1.54) is 11.3 Å². The Kier molecular flexibility index (Phi) is 5.65. The van der Waals surface area contributed by atoms with E-state index in [-0.39, 0.29) is 6.61 Å². The van der Waals surface area contributed by atoms with Crippen LogP contribution in [0.2, 0.25) is 0 Å². The number of hydrogen-bond donors (Lipinski definition) is 2. The third kappa shape index (κ3) is 3.54. The average Bonchev–Trinajstić information content (AvgIpc) is 2.60. The van der Waals surface area contributed by atoms with Crippen molar-refractivity contribution in [2.75, 3.05) is 6.61 Å². The maximum absolute atomic E-state index is 8.96. The van der Waals surface area contributed by atoms with Crippen LogP contribution in [0.15, 0.2) is 0 Å². The summed E-state index contributed by atoms with van der Waals surface area (Å²) in [6.07, 6.45) is 1.86. The fourth-order valence-electron chi connectivity index (χ4n) is 2.15. The minimum Gasteiger partial charge on any atom is -0.396 e. The highest BCUT2D eigenvalue weighted by Gasteiger charge is 2.12. The van der Waals surface area contributed by atoms with E-state index in [1.807, 2.05) is 4.68 Å². The zero-order valence-electron chi connectivity index (χ0n) is 11.5. The Labute approximate surface area is 104 Å². The van der Waals surface area contributed by atoms with Gasteiger partial charge in [0, 0.05) is 37.0 Å². The first-order valence-electron chi connectivity index (χ1n) is 6.51. The Morgan fingerprint density at radius 3 is 2.53 bits per heavy atom. The largest absolute Gasteiger partial charge is 0.396 e. The van der Waals surface area contributed by atoms with Gasteiger partial charge in [-0.3, -0.25) is 4.68 Å². The van der Waals surface area contributed by atoms with Gasteiger partial charge < -0.3 is 10.4 Å². The number of nitrogens with zero attached hydrogens (tertiary/aromatic N) is 2. The van der Waals surface area contributed by atoms with E-state index in [4.69, 9.17) is 5.11 Å². The fourth-order valence-corrected chi connectivity index (χ4v) is 2.15. The van der Waals surface area contributed by atoms with Crippen LogP contribution in [0.4, 0.5) is 0 Å². The average molecular weight is 239 g/mol. The van der Waals surface area contributed by atoms with Crippen LogP contribution in [0.1, 0.15) is 43.6 Å². The molecule has 0 saturated carbocycles. The molecule has 0 bridgehead atoms. The molecule has 0 amide bonds. The standard InChI is InChI=1S/C13H25N3O/c1-5-12(7-8-17)14-9-13-10(3)15-16(6-2)11(13)4/h12,14,17H,5-9H2,1-4H3. The predicted molar refractivity (Wildman–Crippen MR) is 70.0 cm³/mol. The molecule has 17 heavy (non-hydrogen) atoms. The van der Waals surface area contributed by atoms with Gasteiger partial charge in [-0.2, -0.15) is 5.10 Å².